The maximum Gasteiger partial charge on any atom is 0.267 e. The Kier molecular flexibility index (Phi) is 4.58. The molecular weight excluding hydrogens is 378 g/mol. The molecule has 3 aromatic rings. The number of carbonyl (C=O) groups is 2. The highest BCUT2D eigenvalue weighted by atomic mass is 16.2. The first-order valence-corrected chi connectivity index (χ1v) is 10.3. The van der Waals surface area contributed by atoms with Crippen molar-refractivity contribution in [3.63, 3.8) is 0 Å². The molecule has 0 atom stereocenters. The summed E-state index contributed by atoms with van der Waals surface area (Å²) in [6.07, 6.45) is 8.97. The summed E-state index contributed by atoms with van der Waals surface area (Å²) < 4.78 is 1.99. The minimum Gasteiger partial charge on any atom is -0.364 e. The van der Waals surface area contributed by atoms with E-state index in [4.69, 9.17) is 5.73 Å². The van der Waals surface area contributed by atoms with Crippen LogP contribution in [-0.2, 0) is 13.1 Å². The van der Waals surface area contributed by atoms with Crippen LogP contribution in [0, 0.1) is 5.92 Å². The molecule has 2 aromatic heterocycles. The van der Waals surface area contributed by atoms with Gasteiger partial charge in [-0.2, -0.15) is 5.10 Å². The van der Waals surface area contributed by atoms with E-state index in [2.05, 4.69) is 15.4 Å². The van der Waals surface area contributed by atoms with E-state index in [9.17, 15) is 9.59 Å². The summed E-state index contributed by atoms with van der Waals surface area (Å²) in [6, 6.07) is 9.17. The van der Waals surface area contributed by atoms with Gasteiger partial charge in [-0.3, -0.25) is 14.3 Å². The van der Waals surface area contributed by atoms with Crippen LogP contribution in [0.5, 0.6) is 0 Å². The Morgan fingerprint density at radius 1 is 1.13 bits per heavy atom. The van der Waals surface area contributed by atoms with Gasteiger partial charge in [-0.15, -0.1) is 0 Å². The Morgan fingerprint density at radius 3 is 2.77 bits per heavy atom. The molecule has 30 heavy (non-hydrogen) atoms. The second kappa shape index (κ2) is 7.40. The standard InChI is InChI=1S/C23H23N5O2/c24-22(29)20-8-7-18(17-11-26-28(13-17)12-14-3-1-2-4-14)21(27-20)15-5-6-16-10-25-23(30)19(16)9-15/h5-9,11,13-14H,1-4,10,12H2,(H2,24,29)(H,25,30). The van der Waals surface area contributed by atoms with E-state index in [1.807, 2.05) is 41.3 Å². The van der Waals surface area contributed by atoms with E-state index in [1.165, 1.54) is 25.7 Å². The maximum absolute atomic E-state index is 12.1. The van der Waals surface area contributed by atoms with Gasteiger partial charge in [-0.25, -0.2) is 4.98 Å². The molecule has 0 spiro atoms. The molecule has 1 fully saturated rings. The maximum atomic E-state index is 12.1. The number of amides is 2. The zero-order chi connectivity index (χ0) is 20.7. The zero-order valence-electron chi connectivity index (χ0n) is 16.6. The number of aromatic nitrogens is 3. The molecule has 0 unspecified atom stereocenters. The lowest BCUT2D eigenvalue weighted by Gasteiger charge is -2.11. The third kappa shape index (κ3) is 3.36. The molecule has 0 radical (unpaired) electrons. The molecule has 152 valence electrons. The lowest BCUT2D eigenvalue weighted by molar-refractivity contribution is 0.0963. The van der Waals surface area contributed by atoms with Gasteiger partial charge in [0.15, 0.2) is 0 Å². The smallest absolute Gasteiger partial charge is 0.267 e. The second-order valence-electron chi connectivity index (χ2n) is 8.11. The molecule has 3 heterocycles. The highest BCUT2D eigenvalue weighted by Gasteiger charge is 2.22. The summed E-state index contributed by atoms with van der Waals surface area (Å²) in [5, 5.41) is 7.38. The molecule has 2 aliphatic rings. The van der Waals surface area contributed by atoms with Crippen LogP contribution < -0.4 is 11.1 Å². The van der Waals surface area contributed by atoms with Crippen molar-refractivity contribution in [2.45, 2.75) is 38.8 Å². The third-order valence-corrected chi connectivity index (χ3v) is 6.08. The minimum atomic E-state index is -0.585. The largest absolute Gasteiger partial charge is 0.364 e. The lowest BCUT2D eigenvalue weighted by Crippen LogP contribution is -2.13. The van der Waals surface area contributed by atoms with E-state index < -0.39 is 5.91 Å². The number of rotatable bonds is 5. The summed E-state index contributed by atoms with van der Waals surface area (Å²) in [5.41, 5.74) is 10.4. The van der Waals surface area contributed by atoms with Crippen molar-refractivity contribution in [1.29, 1.82) is 0 Å². The number of benzene rings is 1. The molecule has 1 aliphatic carbocycles. The highest BCUT2D eigenvalue weighted by molar-refractivity contribution is 6.00. The van der Waals surface area contributed by atoms with Crippen molar-refractivity contribution in [1.82, 2.24) is 20.1 Å². The number of pyridine rings is 1. The predicted molar refractivity (Wildman–Crippen MR) is 113 cm³/mol. The minimum absolute atomic E-state index is 0.0937. The van der Waals surface area contributed by atoms with E-state index in [0.717, 1.165) is 28.8 Å². The number of hydrogen-bond donors (Lipinski definition) is 2. The number of nitrogens with two attached hydrogens (primary N) is 1. The first-order chi connectivity index (χ1) is 14.6. The number of fused-ring (bicyclic) bond motifs is 1. The average Bonchev–Trinajstić information content (AvgIpc) is 3.50. The first-order valence-electron chi connectivity index (χ1n) is 10.3. The quantitative estimate of drug-likeness (QED) is 0.685. The van der Waals surface area contributed by atoms with Crippen LogP contribution in [0.25, 0.3) is 22.4 Å². The fraction of sp³-hybridized carbons (Fsp3) is 0.304. The van der Waals surface area contributed by atoms with Crippen molar-refractivity contribution >= 4 is 11.8 Å². The van der Waals surface area contributed by atoms with E-state index in [1.54, 1.807) is 6.07 Å². The average molecular weight is 401 g/mol. The summed E-state index contributed by atoms with van der Waals surface area (Å²) in [6.45, 7) is 1.45. The fourth-order valence-electron chi connectivity index (χ4n) is 4.47. The molecule has 1 saturated carbocycles. The third-order valence-electron chi connectivity index (χ3n) is 6.08. The molecular formula is C23H23N5O2. The van der Waals surface area contributed by atoms with Gasteiger partial charge in [0.2, 0.25) is 0 Å². The van der Waals surface area contributed by atoms with Gasteiger partial charge in [-0.1, -0.05) is 25.0 Å². The van der Waals surface area contributed by atoms with Gasteiger partial charge in [0, 0.05) is 41.5 Å². The van der Waals surface area contributed by atoms with Gasteiger partial charge in [0.1, 0.15) is 5.69 Å². The number of primary amides is 1. The van der Waals surface area contributed by atoms with Crippen molar-refractivity contribution in [3.8, 4) is 22.4 Å². The van der Waals surface area contributed by atoms with Crippen LogP contribution in [0.1, 0.15) is 52.1 Å². The van der Waals surface area contributed by atoms with Gasteiger partial charge in [-0.05, 0) is 42.5 Å². The molecule has 0 saturated heterocycles. The van der Waals surface area contributed by atoms with Crippen molar-refractivity contribution in [3.05, 3.63) is 59.5 Å². The van der Waals surface area contributed by atoms with Crippen LogP contribution in [0.3, 0.4) is 0 Å². The Hall–Kier alpha value is -3.48. The van der Waals surface area contributed by atoms with E-state index in [-0.39, 0.29) is 11.6 Å². The summed E-state index contributed by atoms with van der Waals surface area (Å²) in [5.74, 6) is 0.00489. The van der Waals surface area contributed by atoms with E-state index >= 15 is 0 Å². The second-order valence-corrected chi connectivity index (χ2v) is 8.11. The van der Waals surface area contributed by atoms with Gasteiger partial charge >= 0.3 is 0 Å². The van der Waals surface area contributed by atoms with Crippen molar-refractivity contribution in [2.75, 3.05) is 0 Å². The molecule has 3 N–H and O–H groups in total. The molecule has 5 rings (SSSR count). The summed E-state index contributed by atoms with van der Waals surface area (Å²) >= 11 is 0. The van der Waals surface area contributed by atoms with Crippen LogP contribution in [0.4, 0.5) is 0 Å². The first kappa shape index (κ1) is 18.5. The summed E-state index contributed by atoms with van der Waals surface area (Å²) in [4.78, 5) is 28.4. The monoisotopic (exact) mass is 401 g/mol. The molecule has 1 aromatic carbocycles. The van der Waals surface area contributed by atoms with E-state index in [0.29, 0.717) is 23.7 Å². The fourth-order valence-corrected chi connectivity index (χ4v) is 4.47. The van der Waals surface area contributed by atoms with Crippen LogP contribution in [-0.4, -0.2) is 26.6 Å². The Balaban J connectivity index is 1.56. The highest BCUT2D eigenvalue weighted by Crippen LogP contribution is 2.33. The predicted octanol–water partition coefficient (Wildman–Crippen LogP) is 3.14. The lowest BCUT2D eigenvalue weighted by atomic mass is 9.98. The molecule has 1 aliphatic heterocycles. The number of carbonyl (C=O) groups excluding carboxylic acids is 2. The van der Waals surface area contributed by atoms with Gasteiger partial charge in [0.05, 0.1) is 11.9 Å². The number of hydrogen-bond acceptors (Lipinski definition) is 4. The van der Waals surface area contributed by atoms with Crippen LogP contribution in [0.2, 0.25) is 0 Å². The van der Waals surface area contributed by atoms with Crippen LogP contribution >= 0.6 is 0 Å². The normalized spacial score (nSPS) is 15.9. The molecule has 2 amide bonds. The Labute approximate surface area is 174 Å². The Morgan fingerprint density at radius 2 is 1.97 bits per heavy atom. The SMILES string of the molecule is NC(=O)c1ccc(-c2cnn(CC3CCCC3)c2)c(-c2ccc3c(c2)C(=O)NC3)n1. The molecule has 7 heteroatoms. The van der Waals surface area contributed by atoms with Gasteiger partial charge in [0.25, 0.3) is 11.8 Å². The van der Waals surface area contributed by atoms with Crippen molar-refractivity contribution < 1.29 is 9.59 Å². The molecule has 7 nitrogen and oxygen atoms in total. The topological polar surface area (TPSA) is 103 Å². The van der Waals surface area contributed by atoms with Crippen LogP contribution in [0.15, 0.2) is 42.7 Å². The summed E-state index contributed by atoms with van der Waals surface area (Å²) in [7, 11) is 0. The zero-order valence-corrected chi connectivity index (χ0v) is 16.6. The molecule has 0 bridgehead atoms. The Bertz CT molecular complexity index is 1140. The van der Waals surface area contributed by atoms with Crippen molar-refractivity contribution in [2.24, 2.45) is 11.7 Å². The number of nitrogens with one attached hydrogen (secondary N) is 1. The number of nitrogens with zero attached hydrogens (tertiary/aromatic N) is 3. The van der Waals surface area contributed by atoms with Gasteiger partial charge < -0.3 is 11.1 Å².